The molecule has 1 saturated heterocycles. The zero-order valence-corrected chi connectivity index (χ0v) is 19.0. The van der Waals surface area contributed by atoms with Crippen LogP contribution in [-0.2, 0) is 11.2 Å². The molecule has 1 aliphatic rings. The largest absolute Gasteiger partial charge is 0.444 e. The first-order chi connectivity index (χ1) is 15.2. The molecule has 32 heavy (non-hydrogen) atoms. The topological polar surface area (TPSA) is 71.5 Å². The number of hydrogen-bond donors (Lipinski definition) is 1. The fourth-order valence-corrected chi connectivity index (χ4v) is 3.98. The van der Waals surface area contributed by atoms with Crippen molar-refractivity contribution in [3.63, 3.8) is 0 Å². The van der Waals surface area contributed by atoms with E-state index in [1.54, 1.807) is 24.5 Å². The minimum absolute atomic E-state index is 0.0627. The third-order valence-electron chi connectivity index (χ3n) is 5.49. The molecular formula is C25H32FN3O3. The van der Waals surface area contributed by atoms with Crippen LogP contribution in [0.5, 0.6) is 0 Å². The highest BCUT2D eigenvalue weighted by Gasteiger charge is 2.28. The van der Waals surface area contributed by atoms with Crippen molar-refractivity contribution in [2.75, 3.05) is 19.6 Å². The average Bonchev–Trinajstić information content (AvgIpc) is 2.73. The van der Waals surface area contributed by atoms with Crippen LogP contribution in [0.1, 0.15) is 49.5 Å². The molecule has 7 heteroatoms. The van der Waals surface area contributed by atoms with Crippen LogP contribution in [0.25, 0.3) is 0 Å². The standard InChI is InChI=1S/C25H32FN3O3/c1-25(2,3)32-24(31)28-22(15-18-5-4-12-27-16-18)17-29-13-10-20(11-14-29)23(30)19-6-8-21(26)9-7-19/h4-9,12,16,20,22H,10-11,13-15,17H2,1-3H3,(H,28,31). The minimum atomic E-state index is -0.567. The molecule has 1 fully saturated rings. The molecule has 0 radical (unpaired) electrons. The zero-order chi connectivity index (χ0) is 23.1. The number of carbonyl (C=O) groups excluding carboxylic acids is 2. The van der Waals surface area contributed by atoms with E-state index in [1.807, 2.05) is 32.9 Å². The number of pyridine rings is 1. The molecule has 1 aromatic carbocycles. The second kappa shape index (κ2) is 10.7. The molecule has 2 heterocycles. The zero-order valence-electron chi connectivity index (χ0n) is 19.0. The van der Waals surface area contributed by atoms with Crippen molar-refractivity contribution >= 4 is 11.9 Å². The van der Waals surface area contributed by atoms with Gasteiger partial charge in [-0.1, -0.05) is 6.07 Å². The van der Waals surface area contributed by atoms with Crippen molar-refractivity contribution in [3.05, 3.63) is 65.7 Å². The maximum atomic E-state index is 13.1. The summed E-state index contributed by atoms with van der Waals surface area (Å²) in [6, 6.07) is 9.49. The van der Waals surface area contributed by atoms with Crippen LogP contribution in [0.3, 0.4) is 0 Å². The van der Waals surface area contributed by atoms with Crippen LogP contribution in [0, 0.1) is 11.7 Å². The maximum absolute atomic E-state index is 13.1. The molecule has 1 atom stereocenters. The molecule has 0 bridgehead atoms. The number of Topliss-reactive ketones (excluding diaryl/α,β-unsaturated/α-hetero) is 1. The van der Waals surface area contributed by atoms with E-state index in [9.17, 15) is 14.0 Å². The number of likely N-dealkylation sites (tertiary alicyclic amines) is 1. The van der Waals surface area contributed by atoms with E-state index in [0.29, 0.717) is 18.5 Å². The van der Waals surface area contributed by atoms with Gasteiger partial charge in [-0.15, -0.1) is 0 Å². The van der Waals surface area contributed by atoms with Crippen molar-refractivity contribution in [3.8, 4) is 0 Å². The number of ether oxygens (including phenoxy) is 1. The Bertz CT molecular complexity index is 889. The molecule has 1 aliphatic heterocycles. The number of carbonyl (C=O) groups is 2. The van der Waals surface area contributed by atoms with Gasteiger partial charge >= 0.3 is 6.09 Å². The van der Waals surface area contributed by atoms with Gasteiger partial charge in [0.25, 0.3) is 0 Å². The van der Waals surface area contributed by atoms with Crippen molar-refractivity contribution < 1.29 is 18.7 Å². The Kier molecular flexibility index (Phi) is 7.96. The Morgan fingerprint density at radius 3 is 2.47 bits per heavy atom. The minimum Gasteiger partial charge on any atom is -0.444 e. The van der Waals surface area contributed by atoms with E-state index < -0.39 is 11.7 Å². The highest BCUT2D eigenvalue weighted by Crippen LogP contribution is 2.22. The number of hydrogen-bond acceptors (Lipinski definition) is 5. The van der Waals surface area contributed by atoms with Gasteiger partial charge in [-0.3, -0.25) is 9.78 Å². The molecule has 6 nitrogen and oxygen atoms in total. The average molecular weight is 442 g/mol. The van der Waals surface area contributed by atoms with Gasteiger partial charge in [0.1, 0.15) is 11.4 Å². The number of nitrogens with one attached hydrogen (secondary N) is 1. The summed E-state index contributed by atoms with van der Waals surface area (Å²) in [5.74, 6) is -0.329. The van der Waals surface area contributed by atoms with Crippen LogP contribution < -0.4 is 5.32 Å². The molecular weight excluding hydrogens is 409 g/mol. The summed E-state index contributed by atoms with van der Waals surface area (Å²) in [5.41, 5.74) is 1.03. The highest BCUT2D eigenvalue weighted by molar-refractivity contribution is 5.97. The lowest BCUT2D eigenvalue weighted by Gasteiger charge is -2.34. The summed E-state index contributed by atoms with van der Waals surface area (Å²) >= 11 is 0. The van der Waals surface area contributed by atoms with Crippen molar-refractivity contribution in [2.45, 2.75) is 51.7 Å². The van der Waals surface area contributed by atoms with Gasteiger partial charge in [-0.2, -0.15) is 0 Å². The molecule has 2 aromatic rings. The number of ketones is 1. The van der Waals surface area contributed by atoms with Crippen LogP contribution >= 0.6 is 0 Å². The number of aromatic nitrogens is 1. The van der Waals surface area contributed by atoms with Crippen molar-refractivity contribution in [2.24, 2.45) is 5.92 Å². The number of rotatable bonds is 7. The number of alkyl carbamates (subject to hydrolysis) is 1. The Morgan fingerprint density at radius 1 is 1.19 bits per heavy atom. The second-order valence-corrected chi connectivity index (χ2v) is 9.35. The lowest BCUT2D eigenvalue weighted by molar-refractivity contribution is 0.0485. The number of piperidine rings is 1. The predicted octanol–water partition coefficient (Wildman–Crippen LogP) is 4.25. The quantitative estimate of drug-likeness (QED) is 0.651. The van der Waals surface area contributed by atoms with Crippen LogP contribution in [0.2, 0.25) is 0 Å². The van der Waals surface area contributed by atoms with E-state index >= 15 is 0 Å². The first kappa shape index (κ1) is 23.9. The van der Waals surface area contributed by atoms with Crippen molar-refractivity contribution in [1.82, 2.24) is 15.2 Å². The third kappa shape index (κ3) is 7.41. The second-order valence-electron chi connectivity index (χ2n) is 9.35. The molecule has 0 aliphatic carbocycles. The molecule has 1 aromatic heterocycles. The molecule has 0 spiro atoms. The molecule has 1 unspecified atom stereocenters. The van der Waals surface area contributed by atoms with E-state index in [2.05, 4.69) is 15.2 Å². The lowest BCUT2D eigenvalue weighted by atomic mass is 9.88. The number of nitrogens with zero attached hydrogens (tertiary/aromatic N) is 2. The lowest BCUT2D eigenvalue weighted by Crippen LogP contribution is -2.48. The van der Waals surface area contributed by atoms with E-state index in [4.69, 9.17) is 4.74 Å². The van der Waals surface area contributed by atoms with Gasteiger partial charge in [0, 0.05) is 36.5 Å². The third-order valence-corrected chi connectivity index (χ3v) is 5.49. The van der Waals surface area contributed by atoms with E-state index in [1.165, 1.54) is 12.1 Å². The normalized spacial score (nSPS) is 16.4. The Hall–Kier alpha value is -2.80. The molecule has 3 rings (SSSR count). The van der Waals surface area contributed by atoms with Gasteiger partial charge in [-0.25, -0.2) is 9.18 Å². The molecule has 1 amide bonds. The highest BCUT2D eigenvalue weighted by atomic mass is 19.1. The fourth-order valence-electron chi connectivity index (χ4n) is 3.98. The van der Waals surface area contributed by atoms with Crippen LogP contribution in [0.15, 0.2) is 48.8 Å². The summed E-state index contributed by atoms with van der Waals surface area (Å²) in [6.45, 7) is 7.70. The van der Waals surface area contributed by atoms with Crippen LogP contribution in [-0.4, -0.2) is 53.0 Å². The number of benzene rings is 1. The fraction of sp³-hybridized carbons (Fsp3) is 0.480. The van der Waals surface area contributed by atoms with Crippen molar-refractivity contribution in [1.29, 1.82) is 0 Å². The first-order valence-corrected chi connectivity index (χ1v) is 11.1. The molecule has 1 N–H and O–H groups in total. The smallest absolute Gasteiger partial charge is 0.407 e. The van der Waals surface area contributed by atoms with Gasteiger partial charge in [0.15, 0.2) is 5.78 Å². The van der Waals surface area contributed by atoms with E-state index in [-0.39, 0.29) is 23.6 Å². The summed E-state index contributed by atoms with van der Waals surface area (Å²) in [5, 5.41) is 3.00. The Labute approximate surface area is 189 Å². The summed E-state index contributed by atoms with van der Waals surface area (Å²) < 4.78 is 18.6. The SMILES string of the molecule is CC(C)(C)OC(=O)NC(Cc1cccnc1)CN1CCC(C(=O)c2ccc(F)cc2)CC1. The molecule has 0 saturated carbocycles. The van der Waals surface area contributed by atoms with Gasteiger partial charge in [-0.05, 0) is 89.0 Å². The number of halogens is 1. The Morgan fingerprint density at radius 2 is 1.88 bits per heavy atom. The summed E-state index contributed by atoms with van der Waals surface area (Å²) in [6.07, 6.45) is 5.21. The van der Waals surface area contributed by atoms with Crippen LogP contribution in [0.4, 0.5) is 9.18 Å². The Balaban J connectivity index is 1.58. The first-order valence-electron chi connectivity index (χ1n) is 11.1. The summed E-state index contributed by atoms with van der Waals surface area (Å²) in [7, 11) is 0. The molecule has 172 valence electrons. The van der Waals surface area contributed by atoms with Gasteiger partial charge in [0.2, 0.25) is 0 Å². The maximum Gasteiger partial charge on any atom is 0.407 e. The monoisotopic (exact) mass is 441 g/mol. The van der Waals surface area contributed by atoms with Gasteiger partial charge < -0.3 is 15.0 Å². The summed E-state index contributed by atoms with van der Waals surface area (Å²) in [4.78, 5) is 31.6. The number of amides is 1. The van der Waals surface area contributed by atoms with Gasteiger partial charge in [0.05, 0.1) is 0 Å². The van der Waals surface area contributed by atoms with E-state index in [0.717, 1.165) is 31.5 Å². The predicted molar refractivity (Wildman–Crippen MR) is 121 cm³/mol.